The summed E-state index contributed by atoms with van der Waals surface area (Å²) in [5.74, 6) is 0.422. The predicted molar refractivity (Wildman–Crippen MR) is 68.4 cm³/mol. The lowest BCUT2D eigenvalue weighted by molar-refractivity contribution is 0.599. The van der Waals surface area contributed by atoms with E-state index < -0.39 is 0 Å². The lowest BCUT2D eigenvalue weighted by Gasteiger charge is -2.33. The van der Waals surface area contributed by atoms with Crippen LogP contribution in [0, 0.1) is 5.92 Å². The van der Waals surface area contributed by atoms with E-state index in [-0.39, 0.29) is 4.32 Å². The van der Waals surface area contributed by atoms with Crippen LogP contribution in [0.15, 0.2) is 19.5 Å². The Bertz CT molecular complexity index is 262. The number of halogens is 4. The van der Waals surface area contributed by atoms with Gasteiger partial charge in [-0.05, 0) is 28.9 Å². The molecule has 1 rings (SSSR count). The van der Waals surface area contributed by atoms with Gasteiger partial charge in [0, 0.05) is 19.4 Å². The monoisotopic (exact) mass is 420 g/mol. The minimum absolute atomic E-state index is 0.00308. The average Bonchev–Trinajstić information content (AvgIpc) is 1.99. The van der Waals surface area contributed by atoms with Gasteiger partial charge in [0.25, 0.3) is 0 Å². The Labute approximate surface area is 106 Å². The summed E-state index contributed by atoms with van der Waals surface area (Å²) in [6.07, 6.45) is 2.07. The minimum Gasteiger partial charge on any atom is -0.0792 e. The van der Waals surface area contributed by atoms with Gasteiger partial charge in [0.15, 0.2) is 0 Å². The topological polar surface area (TPSA) is 0 Å². The molecule has 0 bridgehead atoms. The van der Waals surface area contributed by atoms with Crippen LogP contribution in [-0.4, -0.2) is 4.32 Å². The summed E-state index contributed by atoms with van der Waals surface area (Å²) in [6.45, 7) is 4.33. The van der Waals surface area contributed by atoms with Crippen molar-refractivity contribution in [1.29, 1.82) is 0 Å². The zero-order valence-corrected chi connectivity index (χ0v) is 13.0. The van der Waals surface area contributed by atoms with Crippen molar-refractivity contribution in [2.75, 3.05) is 0 Å². The fraction of sp³-hybridized carbons (Fsp3) is 0.500. The fourth-order valence-electron chi connectivity index (χ4n) is 0.973. The molecule has 4 heteroatoms. The van der Waals surface area contributed by atoms with E-state index in [1.165, 1.54) is 4.48 Å². The smallest absolute Gasteiger partial charge is 0.0614 e. The summed E-state index contributed by atoms with van der Waals surface area (Å²) in [6, 6.07) is 0. The molecule has 0 aliphatic heterocycles. The van der Waals surface area contributed by atoms with E-state index in [4.69, 9.17) is 0 Å². The molecule has 0 aromatic carbocycles. The highest BCUT2D eigenvalue weighted by Gasteiger charge is 2.36. The molecule has 0 amide bonds. The summed E-state index contributed by atoms with van der Waals surface area (Å²) in [4.78, 5) is 0. The SMILES string of the molecule is CC1C(Br)=C(Br)C=C(Br)C1(C)Br. The Balaban J connectivity index is 3.16. The Morgan fingerprint density at radius 2 is 1.83 bits per heavy atom. The zero-order chi connectivity index (χ0) is 9.52. The van der Waals surface area contributed by atoms with E-state index in [2.05, 4.69) is 83.6 Å². The molecular weight excluding hydrogens is 416 g/mol. The molecule has 0 aromatic heterocycles. The van der Waals surface area contributed by atoms with Crippen LogP contribution in [0.2, 0.25) is 0 Å². The van der Waals surface area contributed by atoms with Gasteiger partial charge in [0.2, 0.25) is 0 Å². The number of rotatable bonds is 0. The highest BCUT2D eigenvalue weighted by atomic mass is 79.9. The summed E-state index contributed by atoms with van der Waals surface area (Å²) >= 11 is 14.3. The molecule has 0 heterocycles. The van der Waals surface area contributed by atoms with Crippen LogP contribution in [0.5, 0.6) is 0 Å². The van der Waals surface area contributed by atoms with Gasteiger partial charge in [-0.3, -0.25) is 0 Å². The molecule has 2 unspecified atom stereocenters. The van der Waals surface area contributed by atoms with Gasteiger partial charge in [-0.15, -0.1) is 0 Å². The standard InChI is InChI=1S/C8H8Br4/c1-4-7(11)5(9)3-6(10)8(4,2)12/h3-4H,1-2H3. The number of hydrogen-bond acceptors (Lipinski definition) is 0. The van der Waals surface area contributed by atoms with E-state index in [0.29, 0.717) is 5.92 Å². The van der Waals surface area contributed by atoms with Crippen molar-refractivity contribution in [3.63, 3.8) is 0 Å². The van der Waals surface area contributed by atoms with Crippen LogP contribution < -0.4 is 0 Å². The molecule has 0 saturated heterocycles. The van der Waals surface area contributed by atoms with Crippen LogP contribution in [0.25, 0.3) is 0 Å². The van der Waals surface area contributed by atoms with E-state index in [1.807, 2.05) is 0 Å². The number of allylic oxidation sites excluding steroid dienone is 4. The Kier molecular flexibility index (Phi) is 3.70. The van der Waals surface area contributed by atoms with Crippen LogP contribution in [0.4, 0.5) is 0 Å². The van der Waals surface area contributed by atoms with Crippen molar-refractivity contribution in [3.8, 4) is 0 Å². The van der Waals surface area contributed by atoms with Gasteiger partial charge in [-0.2, -0.15) is 0 Å². The largest absolute Gasteiger partial charge is 0.0792 e. The van der Waals surface area contributed by atoms with Gasteiger partial charge in [-0.25, -0.2) is 0 Å². The van der Waals surface area contributed by atoms with Gasteiger partial charge in [-0.1, -0.05) is 54.7 Å². The minimum atomic E-state index is 0.00308. The summed E-state index contributed by atoms with van der Waals surface area (Å²) in [5, 5.41) is 0. The van der Waals surface area contributed by atoms with Crippen molar-refractivity contribution >= 4 is 63.7 Å². The summed E-state index contributed by atoms with van der Waals surface area (Å²) < 4.78 is 3.48. The van der Waals surface area contributed by atoms with Crippen molar-refractivity contribution in [2.45, 2.75) is 18.2 Å². The van der Waals surface area contributed by atoms with Gasteiger partial charge in [0.1, 0.15) is 0 Å². The third kappa shape index (κ3) is 1.91. The molecule has 0 radical (unpaired) electrons. The first-order chi connectivity index (χ1) is 5.37. The summed E-state index contributed by atoms with van der Waals surface area (Å²) in [7, 11) is 0. The van der Waals surface area contributed by atoms with Crippen LogP contribution >= 0.6 is 63.7 Å². The molecule has 2 atom stereocenters. The second-order valence-electron chi connectivity index (χ2n) is 2.99. The maximum atomic E-state index is 3.69. The lowest BCUT2D eigenvalue weighted by atomic mass is 9.91. The first-order valence-corrected chi connectivity index (χ1v) is 6.66. The second kappa shape index (κ2) is 3.87. The number of alkyl halides is 1. The molecule has 0 saturated carbocycles. The fourth-order valence-corrected chi connectivity index (χ4v) is 3.65. The van der Waals surface area contributed by atoms with Crippen molar-refractivity contribution in [1.82, 2.24) is 0 Å². The maximum absolute atomic E-state index is 3.69. The Morgan fingerprint density at radius 1 is 1.33 bits per heavy atom. The summed E-state index contributed by atoms with van der Waals surface area (Å²) in [5.41, 5.74) is 0. The first kappa shape index (κ1) is 11.5. The van der Waals surface area contributed by atoms with Crippen molar-refractivity contribution in [3.05, 3.63) is 19.5 Å². The van der Waals surface area contributed by atoms with E-state index in [0.717, 1.165) is 8.96 Å². The van der Waals surface area contributed by atoms with Crippen LogP contribution in [-0.2, 0) is 0 Å². The van der Waals surface area contributed by atoms with Gasteiger partial charge >= 0.3 is 0 Å². The average molecular weight is 424 g/mol. The quantitative estimate of drug-likeness (QED) is 0.477. The highest BCUT2D eigenvalue weighted by molar-refractivity contribution is 9.15. The number of hydrogen-bond donors (Lipinski definition) is 0. The molecule has 1 aliphatic carbocycles. The molecular formula is C8H8Br4. The molecule has 0 aromatic rings. The van der Waals surface area contributed by atoms with E-state index in [1.54, 1.807) is 0 Å². The zero-order valence-electron chi connectivity index (χ0n) is 6.67. The Hall–Kier alpha value is 1.40. The predicted octanol–water partition coefficient (Wildman–Crippen LogP) is 5.07. The lowest BCUT2D eigenvalue weighted by Crippen LogP contribution is -2.28. The highest BCUT2D eigenvalue weighted by Crippen LogP contribution is 2.49. The van der Waals surface area contributed by atoms with Crippen LogP contribution in [0.3, 0.4) is 0 Å². The molecule has 0 nitrogen and oxygen atoms in total. The van der Waals surface area contributed by atoms with Crippen LogP contribution in [0.1, 0.15) is 13.8 Å². The third-order valence-electron chi connectivity index (χ3n) is 2.14. The van der Waals surface area contributed by atoms with E-state index >= 15 is 0 Å². The molecule has 0 spiro atoms. The maximum Gasteiger partial charge on any atom is 0.0614 e. The Morgan fingerprint density at radius 3 is 2.33 bits per heavy atom. The van der Waals surface area contributed by atoms with Gasteiger partial charge < -0.3 is 0 Å². The molecule has 12 heavy (non-hydrogen) atoms. The molecule has 68 valence electrons. The van der Waals surface area contributed by atoms with E-state index in [9.17, 15) is 0 Å². The normalized spacial score (nSPS) is 36.8. The first-order valence-electron chi connectivity index (χ1n) is 3.49. The molecule has 0 N–H and O–H groups in total. The second-order valence-corrected chi connectivity index (χ2v) is 7.20. The molecule has 0 fully saturated rings. The van der Waals surface area contributed by atoms with Crippen molar-refractivity contribution < 1.29 is 0 Å². The third-order valence-corrected chi connectivity index (χ3v) is 7.14. The molecule has 1 aliphatic rings. The van der Waals surface area contributed by atoms with Gasteiger partial charge in [0.05, 0.1) is 4.32 Å². The van der Waals surface area contributed by atoms with Crippen molar-refractivity contribution in [2.24, 2.45) is 5.92 Å².